The van der Waals surface area contributed by atoms with E-state index in [4.69, 9.17) is 15.7 Å². The average Bonchev–Trinajstić information content (AvgIpc) is 2.84. The lowest BCUT2D eigenvalue weighted by atomic mass is 10.2. The summed E-state index contributed by atoms with van der Waals surface area (Å²) in [5.74, 6) is 1.47. The molecule has 0 aliphatic rings. The first kappa shape index (κ1) is 11.9. The summed E-state index contributed by atoms with van der Waals surface area (Å²) in [5.41, 5.74) is 7.19. The van der Waals surface area contributed by atoms with E-state index in [1.54, 1.807) is 35.0 Å². The number of fused-ring (bicyclic) bond motifs is 1. The summed E-state index contributed by atoms with van der Waals surface area (Å²) in [5, 5.41) is 16.8. The Hall–Kier alpha value is -3.14. The van der Waals surface area contributed by atoms with Gasteiger partial charge in [0.15, 0.2) is 5.75 Å². The van der Waals surface area contributed by atoms with Crippen molar-refractivity contribution in [1.29, 1.82) is 5.26 Å². The predicted octanol–water partition coefficient (Wildman–Crippen LogP) is 1.68. The summed E-state index contributed by atoms with van der Waals surface area (Å²) in [6, 6.07) is 6.81. The lowest BCUT2D eigenvalue weighted by molar-refractivity contribution is 0.467. The first-order valence-corrected chi connectivity index (χ1v) is 5.83. The Kier molecular flexibility index (Phi) is 2.69. The number of nitrogens with two attached hydrogens (primary N) is 1. The number of benzene rings is 1. The second-order valence-corrected chi connectivity index (χ2v) is 4.14. The molecule has 0 amide bonds. The number of ether oxygens (including phenoxy) is 1. The van der Waals surface area contributed by atoms with E-state index < -0.39 is 0 Å². The summed E-state index contributed by atoms with van der Waals surface area (Å²) >= 11 is 0. The minimum absolute atomic E-state index is 0.310. The maximum absolute atomic E-state index is 8.81. The Morgan fingerprint density at radius 1 is 1.35 bits per heavy atom. The standard InChI is InChI=1S/C13H10N6O/c1-8-17-18-12-13(16-4-5-19(8)12)20-11-3-2-9(7-14)6-10(11)15/h2-6H,15H2,1H3. The molecule has 3 rings (SSSR count). The fourth-order valence-electron chi connectivity index (χ4n) is 1.81. The molecule has 7 nitrogen and oxygen atoms in total. The van der Waals surface area contributed by atoms with Crippen LogP contribution in [0.15, 0.2) is 30.6 Å². The van der Waals surface area contributed by atoms with Gasteiger partial charge < -0.3 is 10.5 Å². The van der Waals surface area contributed by atoms with Crippen LogP contribution in [-0.2, 0) is 0 Å². The first-order valence-electron chi connectivity index (χ1n) is 5.83. The summed E-state index contributed by atoms with van der Waals surface area (Å²) in [4.78, 5) is 4.13. The van der Waals surface area contributed by atoms with E-state index in [-0.39, 0.29) is 0 Å². The van der Waals surface area contributed by atoms with Crippen LogP contribution in [0.25, 0.3) is 5.65 Å². The predicted molar refractivity (Wildman–Crippen MR) is 71.2 cm³/mol. The maximum atomic E-state index is 8.81. The van der Waals surface area contributed by atoms with E-state index in [2.05, 4.69) is 15.2 Å². The van der Waals surface area contributed by atoms with Crippen LogP contribution in [0.3, 0.4) is 0 Å². The van der Waals surface area contributed by atoms with E-state index in [1.807, 2.05) is 13.0 Å². The van der Waals surface area contributed by atoms with Gasteiger partial charge in [0.1, 0.15) is 5.82 Å². The van der Waals surface area contributed by atoms with Gasteiger partial charge in [0.2, 0.25) is 5.65 Å². The molecule has 0 radical (unpaired) electrons. The van der Waals surface area contributed by atoms with E-state index >= 15 is 0 Å². The van der Waals surface area contributed by atoms with Gasteiger partial charge in [-0.15, -0.1) is 10.2 Å². The van der Waals surface area contributed by atoms with Gasteiger partial charge in [-0.25, -0.2) is 4.98 Å². The van der Waals surface area contributed by atoms with Gasteiger partial charge in [-0.3, -0.25) is 4.40 Å². The summed E-state index contributed by atoms with van der Waals surface area (Å²) in [6.07, 6.45) is 3.35. The molecular weight excluding hydrogens is 256 g/mol. The highest BCUT2D eigenvalue weighted by molar-refractivity contribution is 5.59. The fraction of sp³-hybridized carbons (Fsp3) is 0.0769. The molecule has 0 saturated heterocycles. The van der Waals surface area contributed by atoms with Gasteiger partial charge in [0, 0.05) is 12.4 Å². The number of nitrogen functional groups attached to an aromatic ring is 1. The van der Waals surface area contributed by atoms with Crippen LogP contribution < -0.4 is 10.5 Å². The number of hydrogen-bond acceptors (Lipinski definition) is 6. The number of aryl methyl sites for hydroxylation is 1. The van der Waals surface area contributed by atoms with E-state index in [0.717, 1.165) is 5.82 Å². The third kappa shape index (κ3) is 1.89. The lowest BCUT2D eigenvalue weighted by Crippen LogP contribution is -1.97. The van der Waals surface area contributed by atoms with E-state index in [1.165, 1.54) is 0 Å². The Bertz CT molecular complexity index is 832. The Morgan fingerprint density at radius 2 is 2.20 bits per heavy atom. The van der Waals surface area contributed by atoms with Crippen LogP contribution in [0.5, 0.6) is 11.6 Å². The van der Waals surface area contributed by atoms with Crippen molar-refractivity contribution < 1.29 is 4.74 Å². The number of nitriles is 1. The molecule has 0 atom stereocenters. The zero-order valence-corrected chi connectivity index (χ0v) is 10.6. The van der Waals surface area contributed by atoms with Crippen molar-refractivity contribution in [3.05, 3.63) is 42.0 Å². The molecule has 0 aliphatic carbocycles. The van der Waals surface area contributed by atoms with Crippen molar-refractivity contribution in [2.75, 3.05) is 5.73 Å². The van der Waals surface area contributed by atoms with Crippen molar-refractivity contribution in [2.24, 2.45) is 0 Å². The van der Waals surface area contributed by atoms with Gasteiger partial charge in [0.25, 0.3) is 5.88 Å². The van der Waals surface area contributed by atoms with Crippen molar-refractivity contribution in [2.45, 2.75) is 6.92 Å². The molecule has 0 saturated carbocycles. The normalized spacial score (nSPS) is 10.4. The minimum Gasteiger partial charge on any atom is -0.434 e. The highest BCUT2D eigenvalue weighted by Crippen LogP contribution is 2.28. The molecule has 0 aliphatic heterocycles. The molecule has 1 aromatic carbocycles. The number of nitrogens with zero attached hydrogens (tertiary/aromatic N) is 5. The molecule has 2 aromatic heterocycles. The van der Waals surface area contributed by atoms with Crippen molar-refractivity contribution in [1.82, 2.24) is 19.6 Å². The second kappa shape index (κ2) is 4.51. The van der Waals surface area contributed by atoms with Gasteiger partial charge in [-0.1, -0.05) is 0 Å². The van der Waals surface area contributed by atoms with Gasteiger partial charge in [-0.2, -0.15) is 5.26 Å². The third-order valence-electron chi connectivity index (χ3n) is 2.81. The highest BCUT2D eigenvalue weighted by Gasteiger charge is 2.11. The molecule has 2 N–H and O–H groups in total. The Morgan fingerprint density at radius 3 is 2.95 bits per heavy atom. The summed E-state index contributed by atoms with van der Waals surface area (Å²) in [7, 11) is 0. The molecular formula is C13H10N6O. The number of aromatic nitrogens is 4. The highest BCUT2D eigenvalue weighted by atomic mass is 16.5. The molecule has 0 unspecified atom stereocenters. The van der Waals surface area contributed by atoms with Crippen molar-refractivity contribution >= 4 is 11.3 Å². The lowest BCUT2D eigenvalue weighted by Gasteiger charge is -2.08. The molecule has 20 heavy (non-hydrogen) atoms. The van der Waals surface area contributed by atoms with E-state index in [0.29, 0.717) is 28.5 Å². The van der Waals surface area contributed by atoms with Crippen LogP contribution in [0, 0.1) is 18.3 Å². The van der Waals surface area contributed by atoms with Gasteiger partial charge >= 0.3 is 0 Å². The van der Waals surface area contributed by atoms with Crippen LogP contribution >= 0.6 is 0 Å². The number of hydrogen-bond donors (Lipinski definition) is 1. The zero-order valence-electron chi connectivity index (χ0n) is 10.6. The monoisotopic (exact) mass is 266 g/mol. The van der Waals surface area contributed by atoms with Crippen LogP contribution in [0.2, 0.25) is 0 Å². The van der Waals surface area contributed by atoms with E-state index in [9.17, 15) is 0 Å². The van der Waals surface area contributed by atoms with Crippen LogP contribution in [-0.4, -0.2) is 19.6 Å². The molecule has 7 heteroatoms. The summed E-state index contributed by atoms with van der Waals surface area (Å²) in [6.45, 7) is 1.83. The first-order chi connectivity index (χ1) is 9.69. The SMILES string of the molecule is Cc1nnc2c(Oc3ccc(C#N)cc3N)nccn12. The molecule has 3 aromatic rings. The molecule has 2 heterocycles. The van der Waals surface area contributed by atoms with Crippen molar-refractivity contribution in [3.63, 3.8) is 0 Å². The fourth-order valence-corrected chi connectivity index (χ4v) is 1.81. The minimum atomic E-state index is 0.310. The Labute approximate surface area is 114 Å². The summed E-state index contributed by atoms with van der Waals surface area (Å²) < 4.78 is 7.43. The molecule has 0 fully saturated rings. The third-order valence-corrected chi connectivity index (χ3v) is 2.81. The largest absolute Gasteiger partial charge is 0.434 e. The Balaban J connectivity index is 2.04. The topological polar surface area (TPSA) is 102 Å². The van der Waals surface area contributed by atoms with Crippen molar-refractivity contribution in [3.8, 4) is 17.7 Å². The zero-order chi connectivity index (χ0) is 14.1. The quantitative estimate of drug-likeness (QED) is 0.708. The number of anilines is 1. The smallest absolute Gasteiger partial charge is 0.265 e. The van der Waals surface area contributed by atoms with Gasteiger partial charge in [0.05, 0.1) is 17.3 Å². The maximum Gasteiger partial charge on any atom is 0.265 e. The van der Waals surface area contributed by atoms with Gasteiger partial charge in [-0.05, 0) is 25.1 Å². The van der Waals surface area contributed by atoms with Crippen LogP contribution in [0.1, 0.15) is 11.4 Å². The molecule has 0 bridgehead atoms. The molecule has 0 spiro atoms. The molecule has 98 valence electrons. The van der Waals surface area contributed by atoms with Crippen LogP contribution in [0.4, 0.5) is 5.69 Å². The number of rotatable bonds is 2. The average molecular weight is 266 g/mol. The second-order valence-electron chi connectivity index (χ2n) is 4.14.